The molecule has 0 aliphatic carbocycles. The van der Waals surface area contributed by atoms with Crippen molar-refractivity contribution in [2.45, 2.75) is 12.3 Å². The number of benzene rings is 2. The zero-order valence-corrected chi connectivity index (χ0v) is 13.3. The molecule has 1 amide bonds. The van der Waals surface area contributed by atoms with Gasteiger partial charge in [0.25, 0.3) is 0 Å². The molecule has 2 aromatic carbocycles. The summed E-state index contributed by atoms with van der Waals surface area (Å²) in [7, 11) is 0. The van der Waals surface area contributed by atoms with Crippen LogP contribution in [0.2, 0.25) is 5.02 Å². The summed E-state index contributed by atoms with van der Waals surface area (Å²) in [5.41, 5.74) is 2.63. The first-order valence-corrected chi connectivity index (χ1v) is 7.89. The zero-order chi connectivity index (χ0) is 16.7. The maximum absolute atomic E-state index is 13.1. The Hall–Kier alpha value is -2.66. The Kier molecular flexibility index (Phi) is 3.58. The number of aromatic nitrogens is 2. The van der Waals surface area contributed by atoms with Gasteiger partial charge in [0.15, 0.2) is 0 Å². The SMILES string of the molecule is O=C1C[C@@H](c2ccc(Cl)cc2)c2cnn(-c3ccc(F)cc3)c2N1. The van der Waals surface area contributed by atoms with Gasteiger partial charge in [-0.3, -0.25) is 4.79 Å². The number of hydrogen-bond donors (Lipinski definition) is 1. The van der Waals surface area contributed by atoms with Gasteiger partial charge < -0.3 is 5.32 Å². The lowest BCUT2D eigenvalue weighted by molar-refractivity contribution is -0.116. The number of halogens is 2. The zero-order valence-electron chi connectivity index (χ0n) is 12.5. The van der Waals surface area contributed by atoms with E-state index in [4.69, 9.17) is 11.6 Å². The molecule has 120 valence electrons. The smallest absolute Gasteiger partial charge is 0.226 e. The van der Waals surface area contributed by atoms with E-state index in [0.29, 0.717) is 22.9 Å². The van der Waals surface area contributed by atoms with E-state index in [1.54, 1.807) is 23.0 Å². The number of carbonyl (C=O) groups excluding carboxylic acids is 1. The molecule has 3 aromatic rings. The number of carbonyl (C=O) groups is 1. The molecule has 1 atom stereocenters. The van der Waals surface area contributed by atoms with Crippen molar-refractivity contribution < 1.29 is 9.18 Å². The maximum Gasteiger partial charge on any atom is 0.226 e. The van der Waals surface area contributed by atoms with Crippen LogP contribution in [0, 0.1) is 5.82 Å². The summed E-state index contributed by atoms with van der Waals surface area (Å²) in [4.78, 5) is 12.2. The molecule has 4 rings (SSSR count). The van der Waals surface area contributed by atoms with Crippen LogP contribution in [0.5, 0.6) is 0 Å². The minimum Gasteiger partial charge on any atom is -0.310 e. The fraction of sp³-hybridized carbons (Fsp3) is 0.111. The number of hydrogen-bond acceptors (Lipinski definition) is 2. The third-order valence-electron chi connectivity index (χ3n) is 4.16. The molecular formula is C18H13ClFN3O. The molecule has 1 N–H and O–H groups in total. The van der Waals surface area contributed by atoms with Crippen LogP contribution in [0.4, 0.5) is 10.2 Å². The molecule has 0 saturated heterocycles. The van der Waals surface area contributed by atoms with Crippen molar-refractivity contribution in [1.29, 1.82) is 0 Å². The molecule has 0 unspecified atom stereocenters. The van der Waals surface area contributed by atoms with Gasteiger partial charge in [-0.05, 0) is 42.0 Å². The van der Waals surface area contributed by atoms with Gasteiger partial charge in [0, 0.05) is 22.9 Å². The molecule has 0 bridgehead atoms. The van der Waals surface area contributed by atoms with Crippen LogP contribution in [0.1, 0.15) is 23.5 Å². The molecule has 1 aromatic heterocycles. The van der Waals surface area contributed by atoms with E-state index < -0.39 is 0 Å². The Morgan fingerprint density at radius 2 is 1.83 bits per heavy atom. The average molecular weight is 342 g/mol. The van der Waals surface area contributed by atoms with Crippen molar-refractivity contribution in [3.63, 3.8) is 0 Å². The molecule has 2 heterocycles. The van der Waals surface area contributed by atoms with Crippen LogP contribution in [0.25, 0.3) is 5.69 Å². The quantitative estimate of drug-likeness (QED) is 0.761. The first-order chi connectivity index (χ1) is 11.6. The van der Waals surface area contributed by atoms with Crippen molar-refractivity contribution in [1.82, 2.24) is 9.78 Å². The summed E-state index contributed by atoms with van der Waals surface area (Å²) in [6.45, 7) is 0. The number of anilines is 1. The average Bonchev–Trinajstić information content (AvgIpc) is 2.99. The summed E-state index contributed by atoms with van der Waals surface area (Å²) in [6, 6.07) is 13.5. The summed E-state index contributed by atoms with van der Waals surface area (Å²) < 4.78 is 14.8. The van der Waals surface area contributed by atoms with Gasteiger partial charge in [-0.15, -0.1) is 0 Å². The number of fused-ring (bicyclic) bond motifs is 1. The highest BCUT2D eigenvalue weighted by molar-refractivity contribution is 6.30. The van der Waals surface area contributed by atoms with Crippen LogP contribution in [-0.4, -0.2) is 15.7 Å². The monoisotopic (exact) mass is 341 g/mol. The molecule has 1 aliphatic rings. The van der Waals surface area contributed by atoms with E-state index in [9.17, 15) is 9.18 Å². The highest BCUT2D eigenvalue weighted by atomic mass is 35.5. The summed E-state index contributed by atoms with van der Waals surface area (Å²) >= 11 is 5.95. The Labute approximate surface area is 142 Å². The number of amides is 1. The predicted octanol–water partition coefficient (Wildman–Crippen LogP) is 4.14. The summed E-state index contributed by atoms with van der Waals surface area (Å²) in [5.74, 6) is 0.146. The lowest BCUT2D eigenvalue weighted by Gasteiger charge is -2.23. The highest BCUT2D eigenvalue weighted by Gasteiger charge is 2.30. The van der Waals surface area contributed by atoms with E-state index in [-0.39, 0.29) is 17.6 Å². The molecule has 1 aliphatic heterocycles. The minimum absolute atomic E-state index is 0.0775. The van der Waals surface area contributed by atoms with E-state index in [1.165, 1.54) is 12.1 Å². The van der Waals surface area contributed by atoms with Gasteiger partial charge in [-0.1, -0.05) is 23.7 Å². The normalized spacial score (nSPS) is 16.6. The van der Waals surface area contributed by atoms with Crippen LogP contribution < -0.4 is 5.32 Å². The second kappa shape index (κ2) is 5.76. The van der Waals surface area contributed by atoms with Gasteiger partial charge in [0.1, 0.15) is 11.6 Å². The molecule has 0 radical (unpaired) electrons. The lowest BCUT2D eigenvalue weighted by Crippen LogP contribution is -2.24. The second-order valence-corrected chi connectivity index (χ2v) is 6.13. The first-order valence-electron chi connectivity index (χ1n) is 7.51. The number of rotatable bonds is 2. The van der Waals surface area contributed by atoms with E-state index >= 15 is 0 Å². The van der Waals surface area contributed by atoms with Crippen molar-refractivity contribution in [3.05, 3.63) is 76.7 Å². The van der Waals surface area contributed by atoms with Crippen LogP contribution in [-0.2, 0) is 4.79 Å². The molecule has 0 fully saturated rings. The molecule has 4 nitrogen and oxygen atoms in total. The van der Waals surface area contributed by atoms with E-state index in [0.717, 1.165) is 11.1 Å². The fourth-order valence-electron chi connectivity index (χ4n) is 2.99. The van der Waals surface area contributed by atoms with Crippen molar-refractivity contribution in [3.8, 4) is 5.69 Å². The standard InChI is InChI=1S/C18H13ClFN3O/c19-12-3-1-11(2-4-12)15-9-17(24)22-18-16(15)10-21-23(18)14-7-5-13(20)6-8-14/h1-8,10,15H,9H2,(H,22,24)/t15-/m0/s1. The molecule has 0 saturated carbocycles. The van der Waals surface area contributed by atoms with Crippen LogP contribution in [0.3, 0.4) is 0 Å². The second-order valence-electron chi connectivity index (χ2n) is 5.69. The Morgan fingerprint density at radius 1 is 1.12 bits per heavy atom. The summed E-state index contributed by atoms with van der Waals surface area (Å²) in [6.07, 6.45) is 2.10. The first kappa shape index (κ1) is 14.9. The van der Waals surface area contributed by atoms with Gasteiger partial charge in [-0.2, -0.15) is 5.10 Å². The minimum atomic E-state index is -0.317. The molecule has 24 heavy (non-hydrogen) atoms. The molecule has 0 spiro atoms. The topological polar surface area (TPSA) is 46.9 Å². The molecular weight excluding hydrogens is 329 g/mol. The number of nitrogens with zero attached hydrogens (tertiary/aromatic N) is 2. The van der Waals surface area contributed by atoms with Crippen molar-refractivity contribution >= 4 is 23.3 Å². The van der Waals surface area contributed by atoms with Crippen molar-refractivity contribution in [2.24, 2.45) is 0 Å². The lowest BCUT2D eigenvalue weighted by atomic mass is 9.87. The molecule has 6 heteroatoms. The Morgan fingerprint density at radius 3 is 2.54 bits per heavy atom. The summed E-state index contributed by atoms with van der Waals surface area (Å²) in [5, 5.41) is 7.91. The van der Waals surface area contributed by atoms with Gasteiger partial charge in [0.2, 0.25) is 5.91 Å². The Balaban J connectivity index is 1.80. The Bertz CT molecular complexity index is 903. The predicted molar refractivity (Wildman–Crippen MR) is 90.1 cm³/mol. The third-order valence-corrected chi connectivity index (χ3v) is 4.42. The van der Waals surface area contributed by atoms with Crippen molar-refractivity contribution in [2.75, 3.05) is 5.32 Å². The van der Waals surface area contributed by atoms with Gasteiger partial charge in [0.05, 0.1) is 11.9 Å². The number of nitrogens with one attached hydrogen (secondary N) is 1. The third kappa shape index (κ3) is 2.57. The largest absolute Gasteiger partial charge is 0.310 e. The van der Waals surface area contributed by atoms with E-state index in [2.05, 4.69) is 10.4 Å². The fourth-order valence-corrected chi connectivity index (χ4v) is 3.12. The van der Waals surface area contributed by atoms with Crippen LogP contribution >= 0.6 is 11.6 Å². The highest BCUT2D eigenvalue weighted by Crippen LogP contribution is 2.38. The van der Waals surface area contributed by atoms with Gasteiger partial charge >= 0.3 is 0 Å². The maximum atomic E-state index is 13.1. The van der Waals surface area contributed by atoms with E-state index in [1.807, 2.05) is 24.3 Å². The van der Waals surface area contributed by atoms with Gasteiger partial charge in [-0.25, -0.2) is 9.07 Å². The van der Waals surface area contributed by atoms with Crippen LogP contribution in [0.15, 0.2) is 54.7 Å².